The molecule has 0 saturated heterocycles. The molecule has 0 saturated carbocycles. The summed E-state index contributed by atoms with van der Waals surface area (Å²) in [5.74, 6) is -0.363. The Morgan fingerprint density at radius 2 is 2.00 bits per heavy atom. The summed E-state index contributed by atoms with van der Waals surface area (Å²) in [5, 5.41) is 12.2. The van der Waals surface area contributed by atoms with Gasteiger partial charge < -0.3 is 5.32 Å². The highest BCUT2D eigenvalue weighted by atomic mass is 35.5. The zero-order chi connectivity index (χ0) is 12.8. The molecule has 0 aliphatic carbocycles. The van der Waals surface area contributed by atoms with Crippen LogP contribution in [0.3, 0.4) is 0 Å². The minimum absolute atomic E-state index is 0.00414. The second-order valence-corrected chi connectivity index (χ2v) is 4.29. The quantitative estimate of drug-likeness (QED) is 0.661. The van der Waals surface area contributed by atoms with E-state index >= 15 is 0 Å². The number of amides is 1. The van der Waals surface area contributed by atoms with E-state index in [1.807, 2.05) is 19.9 Å². The number of carbonyl (C=O) groups is 1. The average molecular weight is 249 g/mol. The Bertz CT molecular complexity index is 469. The third kappa shape index (κ3) is 4.29. The van der Waals surface area contributed by atoms with Crippen molar-refractivity contribution in [1.29, 1.82) is 5.26 Å². The molecule has 0 aromatic heterocycles. The van der Waals surface area contributed by atoms with Gasteiger partial charge in [0.15, 0.2) is 0 Å². The van der Waals surface area contributed by atoms with Crippen molar-refractivity contribution in [2.75, 3.05) is 0 Å². The van der Waals surface area contributed by atoms with Gasteiger partial charge in [0, 0.05) is 11.1 Å². The Labute approximate surface area is 106 Å². The summed E-state index contributed by atoms with van der Waals surface area (Å²) < 4.78 is 0. The van der Waals surface area contributed by atoms with Crippen molar-refractivity contribution in [2.45, 2.75) is 19.9 Å². The van der Waals surface area contributed by atoms with E-state index in [0.29, 0.717) is 5.02 Å². The molecule has 0 atom stereocenters. The third-order valence-corrected chi connectivity index (χ3v) is 2.22. The van der Waals surface area contributed by atoms with Gasteiger partial charge in [-0.1, -0.05) is 23.7 Å². The number of hydrogen-bond donors (Lipinski definition) is 1. The predicted molar refractivity (Wildman–Crippen MR) is 68.3 cm³/mol. The van der Waals surface area contributed by atoms with Crippen molar-refractivity contribution >= 4 is 23.6 Å². The fraction of sp³-hybridized carbons (Fsp3) is 0.231. The van der Waals surface area contributed by atoms with Gasteiger partial charge in [0.2, 0.25) is 0 Å². The van der Waals surface area contributed by atoms with Crippen LogP contribution < -0.4 is 5.32 Å². The number of halogens is 1. The molecule has 1 rings (SSSR count). The van der Waals surface area contributed by atoms with Crippen molar-refractivity contribution in [3.8, 4) is 6.07 Å². The molecule has 3 nitrogen and oxygen atoms in total. The van der Waals surface area contributed by atoms with Gasteiger partial charge in [-0.25, -0.2) is 0 Å². The van der Waals surface area contributed by atoms with Crippen LogP contribution in [0.2, 0.25) is 5.02 Å². The summed E-state index contributed by atoms with van der Waals surface area (Å²) in [6.45, 7) is 3.68. The molecule has 0 spiro atoms. The third-order valence-electron chi connectivity index (χ3n) is 1.97. The minimum atomic E-state index is -0.363. The molecule has 0 bridgehead atoms. The van der Waals surface area contributed by atoms with Crippen LogP contribution in [0.25, 0.3) is 6.08 Å². The first-order chi connectivity index (χ1) is 8.02. The van der Waals surface area contributed by atoms with Crippen molar-refractivity contribution in [1.82, 2.24) is 5.32 Å². The summed E-state index contributed by atoms with van der Waals surface area (Å²) in [5.41, 5.74) is 0.853. The van der Waals surface area contributed by atoms with Crippen LogP contribution >= 0.6 is 11.6 Å². The summed E-state index contributed by atoms with van der Waals surface area (Å²) in [6.07, 6.45) is 1.54. The smallest absolute Gasteiger partial charge is 0.262 e. The van der Waals surface area contributed by atoms with Crippen molar-refractivity contribution < 1.29 is 4.79 Å². The zero-order valence-corrected chi connectivity index (χ0v) is 10.5. The molecule has 0 aliphatic heterocycles. The van der Waals surface area contributed by atoms with Crippen LogP contribution in [-0.4, -0.2) is 11.9 Å². The van der Waals surface area contributed by atoms with Crippen LogP contribution in [-0.2, 0) is 4.79 Å². The Balaban J connectivity index is 2.91. The number of benzene rings is 1. The van der Waals surface area contributed by atoms with E-state index in [4.69, 9.17) is 16.9 Å². The maximum absolute atomic E-state index is 11.6. The monoisotopic (exact) mass is 248 g/mol. The summed E-state index contributed by atoms with van der Waals surface area (Å²) in [6, 6.07) is 8.82. The maximum atomic E-state index is 11.6. The second-order valence-electron chi connectivity index (χ2n) is 3.85. The van der Waals surface area contributed by atoms with Gasteiger partial charge in [0.1, 0.15) is 11.6 Å². The first-order valence-electron chi connectivity index (χ1n) is 5.21. The molecular weight excluding hydrogens is 236 g/mol. The van der Waals surface area contributed by atoms with Gasteiger partial charge in [0.25, 0.3) is 5.91 Å². The number of carbonyl (C=O) groups excluding carboxylic acids is 1. The lowest BCUT2D eigenvalue weighted by molar-refractivity contribution is -0.117. The van der Waals surface area contributed by atoms with Crippen molar-refractivity contribution in [2.24, 2.45) is 0 Å². The molecule has 1 N–H and O–H groups in total. The Hall–Kier alpha value is -1.79. The molecule has 1 aromatic carbocycles. The van der Waals surface area contributed by atoms with Crippen molar-refractivity contribution in [3.05, 3.63) is 40.4 Å². The molecule has 1 amide bonds. The molecule has 4 heteroatoms. The van der Waals surface area contributed by atoms with E-state index in [-0.39, 0.29) is 17.5 Å². The first kappa shape index (κ1) is 13.3. The second kappa shape index (κ2) is 6.07. The minimum Gasteiger partial charge on any atom is -0.349 e. The lowest BCUT2D eigenvalue weighted by Gasteiger charge is -2.06. The summed E-state index contributed by atoms with van der Waals surface area (Å²) in [4.78, 5) is 11.6. The molecular formula is C13H13ClN2O. The number of rotatable bonds is 3. The van der Waals surface area contributed by atoms with Gasteiger partial charge >= 0.3 is 0 Å². The highest BCUT2D eigenvalue weighted by molar-refractivity contribution is 6.30. The van der Waals surface area contributed by atoms with E-state index in [1.165, 1.54) is 6.08 Å². The van der Waals surface area contributed by atoms with Crippen LogP contribution in [0.5, 0.6) is 0 Å². The Kier molecular flexibility index (Phi) is 4.74. The van der Waals surface area contributed by atoms with Crippen LogP contribution in [0.4, 0.5) is 0 Å². The van der Waals surface area contributed by atoms with Crippen LogP contribution in [0.1, 0.15) is 19.4 Å². The number of nitriles is 1. The van der Waals surface area contributed by atoms with Gasteiger partial charge in [-0.3, -0.25) is 4.79 Å². The summed E-state index contributed by atoms with van der Waals surface area (Å²) in [7, 11) is 0. The fourth-order valence-electron chi connectivity index (χ4n) is 1.21. The molecule has 0 fully saturated rings. The molecule has 0 unspecified atom stereocenters. The number of nitrogens with one attached hydrogen (secondary N) is 1. The maximum Gasteiger partial charge on any atom is 0.262 e. The Morgan fingerprint density at radius 3 is 2.47 bits per heavy atom. The normalized spacial score (nSPS) is 11.1. The highest BCUT2D eigenvalue weighted by Gasteiger charge is 2.09. The Morgan fingerprint density at radius 1 is 1.41 bits per heavy atom. The number of nitrogens with zero attached hydrogens (tertiary/aromatic N) is 1. The van der Waals surface area contributed by atoms with E-state index in [2.05, 4.69) is 5.32 Å². The van der Waals surface area contributed by atoms with Crippen molar-refractivity contribution in [3.63, 3.8) is 0 Å². The molecule has 17 heavy (non-hydrogen) atoms. The van der Waals surface area contributed by atoms with Gasteiger partial charge in [-0.15, -0.1) is 0 Å². The van der Waals surface area contributed by atoms with Gasteiger partial charge in [0.05, 0.1) is 0 Å². The van der Waals surface area contributed by atoms with Crippen LogP contribution in [0, 0.1) is 11.3 Å². The zero-order valence-electron chi connectivity index (χ0n) is 9.70. The van der Waals surface area contributed by atoms with Gasteiger partial charge in [-0.2, -0.15) is 5.26 Å². The van der Waals surface area contributed by atoms with Gasteiger partial charge in [-0.05, 0) is 37.6 Å². The summed E-state index contributed by atoms with van der Waals surface area (Å²) >= 11 is 5.75. The highest BCUT2D eigenvalue weighted by Crippen LogP contribution is 2.12. The standard InChI is InChI=1S/C13H13ClN2O/c1-9(2)16-13(17)11(8-15)7-10-3-5-12(14)6-4-10/h3-7,9H,1-2H3,(H,16,17). The number of hydrogen-bond acceptors (Lipinski definition) is 2. The average Bonchev–Trinajstić information content (AvgIpc) is 2.27. The largest absolute Gasteiger partial charge is 0.349 e. The lowest BCUT2D eigenvalue weighted by atomic mass is 10.1. The van der Waals surface area contributed by atoms with E-state index < -0.39 is 0 Å². The predicted octanol–water partition coefficient (Wildman–Crippen LogP) is 2.77. The molecule has 88 valence electrons. The van der Waals surface area contributed by atoms with Crippen LogP contribution in [0.15, 0.2) is 29.8 Å². The molecule has 0 heterocycles. The SMILES string of the molecule is CC(C)NC(=O)C(C#N)=Cc1ccc(Cl)cc1. The first-order valence-corrected chi connectivity index (χ1v) is 5.59. The van der Waals surface area contributed by atoms with E-state index in [9.17, 15) is 4.79 Å². The lowest BCUT2D eigenvalue weighted by Crippen LogP contribution is -2.30. The molecule has 0 radical (unpaired) electrons. The fourth-order valence-corrected chi connectivity index (χ4v) is 1.34. The molecule has 1 aromatic rings. The van der Waals surface area contributed by atoms with E-state index in [0.717, 1.165) is 5.56 Å². The topological polar surface area (TPSA) is 52.9 Å². The van der Waals surface area contributed by atoms with E-state index in [1.54, 1.807) is 24.3 Å². The molecule has 0 aliphatic rings.